The number of carbonyl (C=O) groups is 1. The molecule has 0 spiro atoms. The number of anilines is 1. The molecule has 52 heavy (non-hydrogen) atoms. The fraction of sp³-hybridized carbons (Fsp3) is 0.450. The van der Waals surface area contributed by atoms with Crippen molar-refractivity contribution in [2.75, 3.05) is 64.0 Å². The Labute approximate surface area is 302 Å². The van der Waals surface area contributed by atoms with Crippen LogP contribution >= 0.6 is 0 Å². The average molecular weight is 706 g/mol. The quantitative estimate of drug-likeness (QED) is 0.198. The van der Waals surface area contributed by atoms with E-state index in [0.717, 1.165) is 51.6 Å². The van der Waals surface area contributed by atoms with Crippen molar-refractivity contribution in [3.8, 4) is 35.4 Å². The summed E-state index contributed by atoms with van der Waals surface area (Å²) in [5.74, 6) is 2.23. The first-order valence-corrected chi connectivity index (χ1v) is 18.3. The number of benzene rings is 2. The molecule has 8 rings (SSSR count). The van der Waals surface area contributed by atoms with Gasteiger partial charge in [-0.05, 0) is 81.3 Å². The second kappa shape index (κ2) is 14.3. The van der Waals surface area contributed by atoms with E-state index in [1.165, 1.54) is 12.1 Å². The van der Waals surface area contributed by atoms with Crippen molar-refractivity contribution < 1.29 is 23.8 Å². The van der Waals surface area contributed by atoms with Crippen LogP contribution in [0.4, 0.5) is 10.2 Å². The summed E-state index contributed by atoms with van der Waals surface area (Å²) in [6, 6.07) is 8.66. The van der Waals surface area contributed by atoms with Crippen LogP contribution in [0.25, 0.3) is 32.9 Å². The molecule has 0 unspecified atom stereocenters. The van der Waals surface area contributed by atoms with E-state index in [-0.39, 0.29) is 40.5 Å². The molecule has 1 atom stereocenters. The molecule has 1 amide bonds. The number of amides is 1. The lowest BCUT2D eigenvalue weighted by Crippen LogP contribution is -2.49. The third-order valence-corrected chi connectivity index (χ3v) is 11.4. The Morgan fingerprint density at radius 2 is 1.96 bits per heavy atom. The van der Waals surface area contributed by atoms with Crippen LogP contribution in [0.15, 0.2) is 49.2 Å². The van der Waals surface area contributed by atoms with Crippen LogP contribution in [0.5, 0.6) is 11.8 Å². The molecule has 270 valence electrons. The van der Waals surface area contributed by atoms with Crippen LogP contribution in [0.1, 0.15) is 44.1 Å². The third kappa shape index (κ3) is 6.42. The smallest absolute Gasteiger partial charge is 0.319 e. The SMILES string of the molecule is C#Cc1cccc2cc(O)cc(-c3ncc4c(N5CCN(C6CCOCC6)C[C@@H](NC(=O)C=C)C5)nc(OCC56CCCN5CCC6)nc4c3F)c12. The zero-order chi connectivity index (χ0) is 35.8. The van der Waals surface area contributed by atoms with Crippen LogP contribution < -0.4 is 15.0 Å². The largest absolute Gasteiger partial charge is 0.508 e. The van der Waals surface area contributed by atoms with Gasteiger partial charge in [0.15, 0.2) is 5.82 Å². The molecule has 2 aromatic heterocycles. The van der Waals surface area contributed by atoms with E-state index < -0.39 is 5.82 Å². The number of carbonyl (C=O) groups excluding carboxylic acids is 1. The molecule has 12 heteroatoms. The zero-order valence-electron chi connectivity index (χ0n) is 29.3. The number of pyridine rings is 1. The first-order chi connectivity index (χ1) is 25.4. The second-order valence-electron chi connectivity index (χ2n) is 14.5. The minimum absolute atomic E-state index is 0.0146. The number of aromatic nitrogens is 3. The number of hydrogen-bond acceptors (Lipinski definition) is 10. The third-order valence-electron chi connectivity index (χ3n) is 11.4. The number of phenolic OH excluding ortho intramolecular Hbond substituents is 1. The van der Waals surface area contributed by atoms with Crippen LogP contribution in [-0.4, -0.2) is 112 Å². The predicted octanol–water partition coefficient (Wildman–Crippen LogP) is 4.65. The van der Waals surface area contributed by atoms with Gasteiger partial charge in [-0.3, -0.25) is 19.6 Å². The lowest BCUT2D eigenvalue weighted by atomic mass is 9.95. The summed E-state index contributed by atoms with van der Waals surface area (Å²) in [7, 11) is 0. The van der Waals surface area contributed by atoms with E-state index in [9.17, 15) is 9.90 Å². The maximum atomic E-state index is 17.2. The van der Waals surface area contributed by atoms with Crippen molar-refractivity contribution in [3.63, 3.8) is 0 Å². The number of halogens is 1. The molecular weight excluding hydrogens is 661 g/mol. The molecule has 4 saturated heterocycles. The first kappa shape index (κ1) is 34.3. The zero-order valence-corrected chi connectivity index (χ0v) is 29.3. The lowest BCUT2D eigenvalue weighted by Gasteiger charge is -2.34. The van der Waals surface area contributed by atoms with E-state index in [1.54, 1.807) is 24.4 Å². The molecule has 4 fully saturated rings. The summed E-state index contributed by atoms with van der Waals surface area (Å²) in [5, 5.41) is 15.5. The van der Waals surface area contributed by atoms with Gasteiger partial charge in [0, 0.05) is 68.1 Å². The summed E-state index contributed by atoms with van der Waals surface area (Å²) < 4.78 is 29.3. The fourth-order valence-corrected chi connectivity index (χ4v) is 8.86. The van der Waals surface area contributed by atoms with Gasteiger partial charge in [0.05, 0.1) is 17.0 Å². The molecule has 11 nitrogen and oxygen atoms in total. The molecular formula is C40H44FN7O4. The highest BCUT2D eigenvalue weighted by molar-refractivity contribution is 6.02. The van der Waals surface area contributed by atoms with E-state index in [2.05, 4.69) is 37.5 Å². The average Bonchev–Trinajstić information content (AvgIpc) is 3.68. The van der Waals surface area contributed by atoms with Gasteiger partial charge >= 0.3 is 6.01 Å². The molecule has 0 saturated carbocycles. The number of rotatable bonds is 8. The highest BCUT2D eigenvalue weighted by Crippen LogP contribution is 2.41. The number of fused-ring (bicyclic) bond motifs is 3. The van der Waals surface area contributed by atoms with Crippen molar-refractivity contribution in [2.24, 2.45) is 0 Å². The maximum absolute atomic E-state index is 17.2. The standard InChI is InChI=1S/C40H44FN7O4/c1-3-26-8-5-9-27-20-30(49)21-31(34(26)27)36-35(41)37-32(22-42-36)38(45-39(44-37)52-25-40-12-6-14-48(40)15-7-13-40)47-17-16-46(29-10-18-51-19-11-29)23-28(24-47)43-33(50)4-2/h1,4-5,8-9,20-22,28-29,49H,2,6-7,10-19,23-25H2,(H,43,50)/t28-/m1/s1. The van der Waals surface area contributed by atoms with Gasteiger partial charge in [-0.25, -0.2) is 4.39 Å². The Balaban J connectivity index is 1.24. The predicted molar refractivity (Wildman–Crippen MR) is 198 cm³/mol. The molecule has 4 aliphatic rings. The van der Waals surface area contributed by atoms with Gasteiger partial charge < -0.3 is 24.8 Å². The Morgan fingerprint density at radius 3 is 2.73 bits per heavy atom. The van der Waals surface area contributed by atoms with E-state index in [1.807, 2.05) is 6.07 Å². The summed E-state index contributed by atoms with van der Waals surface area (Å²) in [6.45, 7) is 9.94. The van der Waals surface area contributed by atoms with Crippen LogP contribution in [0.3, 0.4) is 0 Å². The summed E-state index contributed by atoms with van der Waals surface area (Å²) >= 11 is 0. The van der Waals surface area contributed by atoms with Gasteiger partial charge in [0.2, 0.25) is 5.91 Å². The van der Waals surface area contributed by atoms with Crippen LogP contribution in [0, 0.1) is 18.2 Å². The van der Waals surface area contributed by atoms with Gasteiger partial charge in [-0.2, -0.15) is 9.97 Å². The van der Waals surface area contributed by atoms with Crippen LogP contribution in [-0.2, 0) is 9.53 Å². The molecule has 0 bridgehead atoms. The molecule has 6 heterocycles. The van der Waals surface area contributed by atoms with Gasteiger partial charge in [-0.15, -0.1) is 6.42 Å². The van der Waals surface area contributed by atoms with E-state index in [0.29, 0.717) is 85.1 Å². The summed E-state index contributed by atoms with van der Waals surface area (Å²) in [4.78, 5) is 34.0. The van der Waals surface area contributed by atoms with Crippen molar-refractivity contribution in [3.05, 3.63) is 60.6 Å². The summed E-state index contributed by atoms with van der Waals surface area (Å²) in [5.41, 5.74) is 0.930. The van der Waals surface area contributed by atoms with E-state index >= 15 is 4.39 Å². The van der Waals surface area contributed by atoms with Gasteiger partial charge in [0.25, 0.3) is 0 Å². The number of ether oxygens (including phenoxy) is 2. The Kier molecular flexibility index (Phi) is 9.42. The van der Waals surface area contributed by atoms with Crippen LogP contribution in [0.2, 0.25) is 0 Å². The molecule has 4 aliphatic heterocycles. The number of aromatic hydroxyl groups is 1. The minimum Gasteiger partial charge on any atom is -0.508 e. The Morgan fingerprint density at radius 1 is 1.15 bits per heavy atom. The van der Waals surface area contributed by atoms with Gasteiger partial charge in [-0.1, -0.05) is 24.6 Å². The monoisotopic (exact) mass is 705 g/mol. The topological polar surface area (TPSA) is 116 Å². The normalized spacial score (nSPS) is 21.2. The number of terminal acetylenes is 1. The van der Waals surface area contributed by atoms with Crippen molar-refractivity contribution >= 4 is 33.4 Å². The number of nitrogens with zero attached hydrogens (tertiary/aromatic N) is 6. The lowest BCUT2D eigenvalue weighted by molar-refractivity contribution is -0.117. The Bertz CT molecular complexity index is 2050. The van der Waals surface area contributed by atoms with Gasteiger partial charge in [0.1, 0.15) is 29.4 Å². The molecule has 0 aliphatic carbocycles. The van der Waals surface area contributed by atoms with Crippen molar-refractivity contribution in [1.29, 1.82) is 0 Å². The summed E-state index contributed by atoms with van der Waals surface area (Å²) in [6.07, 6.45) is 14.9. The number of nitrogens with one attached hydrogen (secondary N) is 1. The molecule has 4 aromatic rings. The number of hydrogen-bond donors (Lipinski definition) is 2. The molecule has 2 aromatic carbocycles. The molecule has 2 N–H and O–H groups in total. The minimum atomic E-state index is -0.665. The van der Waals surface area contributed by atoms with Crippen molar-refractivity contribution in [2.45, 2.75) is 56.1 Å². The highest BCUT2D eigenvalue weighted by Gasteiger charge is 2.45. The maximum Gasteiger partial charge on any atom is 0.319 e. The molecule has 0 radical (unpaired) electrons. The van der Waals surface area contributed by atoms with E-state index in [4.69, 9.17) is 25.9 Å². The Hall–Kier alpha value is -4.83. The van der Waals surface area contributed by atoms with Crippen molar-refractivity contribution in [1.82, 2.24) is 30.1 Å². The fourth-order valence-electron chi connectivity index (χ4n) is 8.86. The highest BCUT2D eigenvalue weighted by atomic mass is 19.1. The number of phenols is 1. The second-order valence-corrected chi connectivity index (χ2v) is 14.5. The first-order valence-electron chi connectivity index (χ1n) is 18.3.